The van der Waals surface area contributed by atoms with Crippen LogP contribution in [0.25, 0.3) is 0 Å². The van der Waals surface area contributed by atoms with Crippen LogP contribution in [0.1, 0.15) is 71.6 Å². The molecule has 2 aliphatic heterocycles. The van der Waals surface area contributed by atoms with Crippen molar-refractivity contribution in [2.75, 3.05) is 13.1 Å². The van der Waals surface area contributed by atoms with Gasteiger partial charge in [0.25, 0.3) is 0 Å². The summed E-state index contributed by atoms with van der Waals surface area (Å²) in [6.07, 6.45) is 12.8. The second kappa shape index (κ2) is 5.00. The molecule has 1 aliphatic carbocycles. The van der Waals surface area contributed by atoms with E-state index in [1.165, 1.54) is 70.9 Å². The first kappa shape index (κ1) is 12.7. The van der Waals surface area contributed by atoms with Gasteiger partial charge in [0.05, 0.1) is 0 Å². The topological polar surface area (TPSA) is 3.24 Å². The molecule has 0 saturated carbocycles. The second-order valence-electron chi connectivity index (χ2n) is 6.97. The standard InChI is InChI=1S/C17H29N/c1-3-4-7-14-12-17(2)16-9-6-5-8-15(16)10-11-18(17)13-14/h14H,3-13H2,1-2H3/t14-,17-/m1/s1. The zero-order valence-electron chi connectivity index (χ0n) is 12.3. The van der Waals surface area contributed by atoms with Crippen LogP contribution >= 0.6 is 0 Å². The Balaban J connectivity index is 1.78. The quantitative estimate of drug-likeness (QED) is 0.662. The molecule has 2 heterocycles. The van der Waals surface area contributed by atoms with E-state index in [0.717, 1.165) is 5.92 Å². The molecule has 1 saturated heterocycles. The zero-order valence-corrected chi connectivity index (χ0v) is 12.3. The molecule has 0 aromatic heterocycles. The Morgan fingerprint density at radius 3 is 2.89 bits per heavy atom. The van der Waals surface area contributed by atoms with Crippen LogP contribution in [0.2, 0.25) is 0 Å². The monoisotopic (exact) mass is 247 g/mol. The highest BCUT2D eigenvalue weighted by Gasteiger charge is 2.46. The largest absolute Gasteiger partial charge is 0.294 e. The van der Waals surface area contributed by atoms with Crippen molar-refractivity contribution in [1.29, 1.82) is 0 Å². The Bertz CT molecular complexity index is 344. The average Bonchev–Trinajstić information content (AvgIpc) is 2.73. The van der Waals surface area contributed by atoms with Gasteiger partial charge in [0.1, 0.15) is 0 Å². The van der Waals surface area contributed by atoms with Gasteiger partial charge in [-0.25, -0.2) is 0 Å². The van der Waals surface area contributed by atoms with Gasteiger partial charge in [0.2, 0.25) is 0 Å². The summed E-state index contributed by atoms with van der Waals surface area (Å²) in [7, 11) is 0. The fourth-order valence-corrected chi connectivity index (χ4v) is 4.77. The molecule has 1 fully saturated rings. The van der Waals surface area contributed by atoms with Crippen molar-refractivity contribution in [3.8, 4) is 0 Å². The Morgan fingerprint density at radius 1 is 1.22 bits per heavy atom. The molecule has 0 N–H and O–H groups in total. The normalized spacial score (nSPS) is 36.7. The van der Waals surface area contributed by atoms with Crippen LogP contribution in [-0.2, 0) is 0 Å². The molecule has 3 rings (SSSR count). The van der Waals surface area contributed by atoms with Crippen LogP contribution in [0.5, 0.6) is 0 Å². The number of hydrogen-bond acceptors (Lipinski definition) is 1. The maximum atomic E-state index is 2.83. The fraction of sp³-hybridized carbons (Fsp3) is 0.882. The van der Waals surface area contributed by atoms with E-state index in [4.69, 9.17) is 0 Å². The Labute approximate surface area is 113 Å². The minimum Gasteiger partial charge on any atom is -0.294 e. The third-order valence-electron chi connectivity index (χ3n) is 5.74. The highest BCUT2D eigenvalue weighted by atomic mass is 15.2. The summed E-state index contributed by atoms with van der Waals surface area (Å²) in [6, 6.07) is 0. The first-order valence-electron chi connectivity index (χ1n) is 8.20. The van der Waals surface area contributed by atoms with Crippen LogP contribution in [0.15, 0.2) is 11.1 Å². The maximum absolute atomic E-state index is 2.83. The number of unbranched alkanes of at least 4 members (excludes halogenated alkanes) is 1. The van der Waals surface area contributed by atoms with Gasteiger partial charge in [-0.1, -0.05) is 30.9 Å². The molecule has 3 aliphatic rings. The van der Waals surface area contributed by atoms with Crippen molar-refractivity contribution in [3.05, 3.63) is 11.1 Å². The molecular weight excluding hydrogens is 218 g/mol. The third-order valence-corrected chi connectivity index (χ3v) is 5.74. The number of fused-ring (bicyclic) bond motifs is 2. The third kappa shape index (κ3) is 2.05. The highest BCUT2D eigenvalue weighted by Crippen LogP contribution is 2.48. The number of nitrogens with zero attached hydrogens (tertiary/aromatic N) is 1. The van der Waals surface area contributed by atoms with Crippen molar-refractivity contribution in [1.82, 2.24) is 4.90 Å². The van der Waals surface area contributed by atoms with E-state index < -0.39 is 0 Å². The van der Waals surface area contributed by atoms with Crippen molar-refractivity contribution < 1.29 is 0 Å². The predicted octanol–water partition coefficient (Wildman–Crippen LogP) is 4.53. The van der Waals surface area contributed by atoms with Gasteiger partial charge >= 0.3 is 0 Å². The molecule has 0 spiro atoms. The highest BCUT2D eigenvalue weighted by molar-refractivity contribution is 5.32. The summed E-state index contributed by atoms with van der Waals surface area (Å²) in [5.41, 5.74) is 4.20. The van der Waals surface area contributed by atoms with E-state index in [1.54, 1.807) is 0 Å². The van der Waals surface area contributed by atoms with Crippen LogP contribution in [0.3, 0.4) is 0 Å². The van der Waals surface area contributed by atoms with Crippen molar-refractivity contribution in [2.45, 2.75) is 77.2 Å². The number of rotatable bonds is 3. The molecular formula is C17H29N. The minimum absolute atomic E-state index is 0.465. The predicted molar refractivity (Wildman–Crippen MR) is 77.7 cm³/mol. The van der Waals surface area contributed by atoms with E-state index in [2.05, 4.69) is 18.7 Å². The van der Waals surface area contributed by atoms with Crippen LogP contribution in [0, 0.1) is 5.92 Å². The summed E-state index contributed by atoms with van der Waals surface area (Å²) >= 11 is 0. The summed E-state index contributed by atoms with van der Waals surface area (Å²) in [5, 5.41) is 0. The number of hydrogen-bond donors (Lipinski definition) is 0. The summed E-state index contributed by atoms with van der Waals surface area (Å²) in [5.74, 6) is 0.976. The smallest absolute Gasteiger partial charge is 0.0398 e. The summed E-state index contributed by atoms with van der Waals surface area (Å²) in [6.45, 7) is 7.61. The molecule has 18 heavy (non-hydrogen) atoms. The fourth-order valence-electron chi connectivity index (χ4n) is 4.77. The summed E-state index contributed by atoms with van der Waals surface area (Å²) < 4.78 is 0. The molecule has 0 aromatic rings. The van der Waals surface area contributed by atoms with Crippen molar-refractivity contribution in [2.24, 2.45) is 5.92 Å². The van der Waals surface area contributed by atoms with E-state index in [0.29, 0.717) is 5.54 Å². The SMILES string of the molecule is CCCC[C@H]1CN2CCC3=C(CCCC3)[C@@]2(C)C1. The lowest BCUT2D eigenvalue weighted by Crippen LogP contribution is -2.47. The minimum atomic E-state index is 0.465. The molecule has 0 bridgehead atoms. The van der Waals surface area contributed by atoms with Gasteiger partial charge < -0.3 is 0 Å². The van der Waals surface area contributed by atoms with Crippen LogP contribution in [0.4, 0.5) is 0 Å². The van der Waals surface area contributed by atoms with Gasteiger partial charge in [-0.15, -0.1) is 0 Å². The first-order valence-corrected chi connectivity index (χ1v) is 8.20. The van der Waals surface area contributed by atoms with E-state index in [1.807, 2.05) is 11.1 Å². The van der Waals surface area contributed by atoms with Gasteiger partial charge in [-0.3, -0.25) is 4.90 Å². The molecule has 0 amide bonds. The Morgan fingerprint density at radius 2 is 2.06 bits per heavy atom. The van der Waals surface area contributed by atoms with Crippen LogP contribution < -0.4 is 0 Å². The van der Waals surface area contributed by atoms with E-state index >= 15 is 0 Å². The maximum Gasteiger partial charge on any atom is 0.0398 e. The molecule has 102 valence electrons. The van der Waals surface area contributed by atoms with Crippen LogP contribution in [-0.4, -0.2) is 23.5 Å². The molecule has 0 radical (unpaired) electrons. The van der Waals surface area contributed by atoms with E-state index in [-0.39, 0.29) is 0 Å². The van der Waals surface area contributed by atoms with Crippen molar-refractivity contribution >= 4 is 0 Å². The lowest BCUT2D eigenvalue weighted by Gasteiger charge is -2.45. The molecule has 1 nitrogen and oxygen atoms in total. The van der Waals surface area contributed by atoms with Gasteiger partial charge in [0.15, 0.2) is 0 Å². The molecule has 0 aromatic carbocycles. The lowest BCUT2D eigenvalue weighted by molar-refractivity contribution is 0.166. The zero-order chi connectivity index (χ0) is 12.6. The lowest BCUT2D eigenvalue weighted by atomic mass is 9.74. The molecule has 0 unspecified atom stereocenters. The van der Waals surface area contributed by atoms with E-state index in [9.17, 15) is 0 Å². The molecule has 2 atom stereocenters. The van der Waals surface area contributed by atoms with Gasteiger partial charge in [-0.2, -0.15) is 0 Å². The summed E-state index contributed by atoms with van der Waals surface area (Å²) in [4.78, 5) is 2.83. The Kier molecular flexibility index (Phi) is 3.53. The second-order valence-corrected chi connectivity index (χ2v) is 6.97. The average molecular weight is 247 g/mol. The van der Waals surface area contributed by atoms with Crippen molar-refractivity contribution in [3.63, 3.8) is 0 Å². The molecule has 1 heteroatoms. The van der Waals surface area contributed by atoms with Gasteiger partial charge in [-0.05, 0) is 57.8 Å². The van der Waals surface area contributed by atoms with Gasteiger partial charge in [0, 0.05) is 18.6 Å². The Hall–Kier alpha value is -0.300. The first-order chi connectivity index (χ1) is 8.74.